The number of thioether (sulfide) groups is 1. The molecule has 0 atom stereocenters. The van der Waals surface area contributed by atoms with Crippen molar-refractivity contribution in [3.05, 3.63) is 30.3 Å². The minimum absolute atomic E-state index is 0.245. The van der Waals surface area contributed by atoms with Crippen molar-refractivity contribution in [2.24, 2.45) is 0 Å². The van der Waals surface area contributed by atoms with Crippen LogP contribution in [0.3, 0.4) is 0 Å². The van der Waals surface area contributed by atoms with Crippen molar-refractivity contribution >= 4 is 23.4 Å². The van der Waals surface area contributed by atoms with Gasteiger partial charge in [-0.25, -0.2) is 0 Å². The zero-order chi connectivity index (χ0) is 16.6. The van der Waals surface area contributed by atoms with Crippen molar-refractivity contribution in [2.75, 3.05) is 49.1 Å². The molecule has 1 aromatic carbocycles. The molecule has 4 nitrogen and oxygen atoms in total. The summed E-state index contributed by atoms with van der Waals surface area (Å²) >= 11 is 2.00. The summed E-state index contributed by atoms with van der Waals surface area (Å²) in [6.45, 7) is 5.38. The molecule has 0 saturated carbocycles. The number of piperazine rings is 1. The fourth-order valence-corrected chi connectivity index (χ4v) is 4.58. The van der Waals surface area contributed by atoms with E-state index in [4.69, 9.17) is 0 Å². The molecule has 1 aromatic rings. The third-order valence-electron chi connectivity index (χ3n) is 4.96. The summed E-state index contributed by atoms with van der Waals surface area (Å²) in [5.74, 6) is 2.63. The van der Waals surface area contributed by atoms with Gasteiger partial charge in [0.15, 0.2) is 0 Å². The fourth-order valence-electron chi connectivity index (χ4n) is 3.47. The van der Waals surface area contributed by atoms with Crippen LogP contribution in [-0.2, 0) is 4.79 Å². The first-order valence-corrected chi connectivity index (χ1v) is 10.4. The minimum Gasteiger partial charge on any atom is -0.369 e. The van der Waals surface area contributed by atoms with Crippen LogP contribution in [0.1, 0.15) is 25.7 Å². The molecule has 0 bridgehead atoms. The van der Waals surface area contributed by atoms with E-state index in [1.807, 2.05) is 11.8 Å². The first-order valence-electron chi connectivity index (χ1n) is 9.21. The Balaban J connectivity index is 1.30. The lowest BCUT2D eigenvalue weighted by molar-refractivity contribution is -0.122. The van der Waals surface area contributed by atoms with E-state index in [9.17, 15) is 4.79 Å². The first-order chi connectivity index (χ1) is 11.8. The number of hydrogen-bond donors (Lipinski definition) is 1. The molecule has 1 amide bonds. The Kier molecular flexibility index (Phi) is 6.85. The summed E-state index contributed by atoms with van der Waals surface area (Å²) in [5, 5.41) is 3.21. The molecule has 0 radical (unpaired) electrons. The Morgan fingerprint density at radius 1 is 1.08 bits per heavy atom. The molecule has 5 heteroatoms. The number of carbonyl (C=O) groups excluding carboxylic acids is 1. The molecular formula is C19H29N3OS. The number of para-hydroxylation sites is 1. The van der Waals surface area contributed by atoms with Crippen LogP contribution in [0.4, 0.5) is 5.69 Å². The van der Waals surface area contributed by atoms with Crippen LogP contribution in [0.2, 0.25) is 0 Å². The highest BCUT2D eigenvalue weighted by atomic mass is 32.2. The Hall–Kier alpha value is -1.20. The summed E-state index contributed by atoms with van der Waals surface area (Å²) in [6.07, 6.45) is 3.91. The molecule has 2 aliphatic heterocycles. The van der Waals surface area contributed by atoms with Gasteiger partial charge in [0.25, 0.3) is 0 Å². The number of carbonyl (C=O) groups is 1. The molecule has 3 rings (SSSR count). The van der Waals surface area contributed by atoms with Gasteiger partial charge in [0.1, 0.15) is 0 Å². The zero-order valence-corrected chi connectivity index (χ0v) is 15.3. The average Bonchev–Trinajstić information content (AvgIpc) is 2.64. The van der Waals surface area contributed by atoms with E-state index in [1.165, 1.54) is 17.2 Å². The highest BCUT2D eigenvalue weighted by Crippen LogP contribution is 2.17. The Morgan fingerprint density at radius 3 is 2.50 bits per heavy atom. The molecule has 2 heterocycles. The lowest BCUT2D eigenvalue weighted by Gasteiger charge is -2.36. The quantitative estimate of drug-likeness (QED) is 0.858. The van der Waals surface area contributed by atoms with Gasteiger partial charge in [-0.2, -0.15) is 11.8 Å². The lowest BCUT2D eigenvalue weighted by Crippen LogP contribution is -2.46. The van der Waals surface area contributed by atoms with Crippen molar-refractivity contribution in [2.45, 2.75) is 31.7 Å². The third-order valence-corrected chi connectivity index (χ3v) is 6.01. The van der Waals surface area contributed by atoms with E-state index < -0.39 is 0 Å². The molecule has 1 N–H and O–H groups in total. The van der Waals surface area contributed by atoms with Gasteiger partial charge in [0.05, 0.1) is 0 Å². The molecule has 0 aromatic heterocycles. The van der Waals surface area contributed by atoms with Gasteiger partial charge in [-0.15, -0.1) is 0 Å². The summed E-state index contributed by atoms with van der Waals surface area (Å²) in [5.41, 5.74) is 1.32. The molecular weight excluding hydrogens is 318 g/mol. The zero-order valence-electron chi connectivity index (χ0n) is 14.5. The standard InChI is InChI=1S/C19H29N3OS/c23-19(20-17-8-15-24-16-9-17)7-4-10-21-11-13-22(14-12-21)18-5-2-1-3-6-18/h1-3,5-6,17H,4,7-16H2,(H,20,23). The molecule has 2 saturated heterocycles. The third kappa shape index (κ3) is 5.42. The highest BCUT2D eigenvalue weighted by molar-refractivity contribution is 7.99. The van der Waals surface area contributed by atoms with Crippen LogP contribution in [0, 0.1) is 0 Å². The molecule has 132 valence electrons. The van der Waals surface area contributed by atoms with Crippen LogP contribution in [0.5, 0.6) is 0 Å². The van der Waals surface area contributed by atoms with Gasteiger partial charge in [-0.3, -0.25) is 9.69 Å². The second kappa shape index (κ2) is 9.33. The smallest absolute Gasteiger partial charge is 0.220 e. The van der Waals surface area contributed by atoms with Gasteiger partial charge in [0, 0.05) is 44.3 Å². The summed E-state index contributed by atoms with van der Waals surface area (Å²) in [7, 11) is 0. The van der Waals surface area contributed by atoms with Gasteiger partial charge in [-0.1, -0.05) is 18.2 Å². The predicted molar refractivity (Wildman–Crippen MR) is 103 cm³/mol. The van der Waals surface area contributed by atoms with Gasteiger partial charge < -0.3 is 10.2 Å². The molecule has 2 fully saturated rings. The van der Waals surface area contributed by atoms with Crippen LogP contribution in [0.25, 0.3) is 0 Å². The number of nitrogens with one attached hydrogen (secondary N) is 1. The number of nitrogens with zero attached hydrogens (tertiary/aromatic N) is 2. The maximum absolute atomic E-state index is 12.0. The van der Waals surface area contributed by atoms with Gasteiger partial charge in [0.2, 0.25) is 5.91 Å². The monoisotopic (exact) mass is 347 g/mol. The van der Waals surface area contributed by atoms with Gasteiger partial charge >= 0.3 is 0 Å². The average molecular weight is 348 g/mol. The summed E-state index contributed by atoms with van der Waals surface area (Å²) in [6, 6.07) is 11.1. The van der Waals surface area contributed by atoms with Crippen molar-refractivity contribution in [1.29, 1.82) is 0 Å². The van der Waals surface area contributed by atoms with Crippen LogP contribution >= 0.6 is 11.8 Å². The number of anilines is 1. The van der Waals surface area contributed by atoms with E-state index in [-0.39, 0.29) is 5.91 Å². The fraction of sp³-hybridized carbons (Fsp3) is 0.632. The van der Waals surface area contributed by atoms with Crippen LogP contribution in [-0.4, -0.2) is 61.1 Å². The second-order valence-corrected chi connectivity index (χ2v) is 7.95. The normalized spacial score (nSPS) is 20.1. The van der Waals surface area contributed by atoms with Crippen LogP contribution < -0.4 is 10.2 Å². The lowest BCUT2D eigenvalue weighted by atomic mass is 10.1. The Bertz CT molecular complexity index is 497. The van der Waals surface area contributed by atoms with Crippen LogP contribution in [0.15, 0.2) is 30.3 Å². The molecule has 0 spiro atoms. The minimum atomic E-state index is 0.245. The van der Waals surface area contributed by atoms with Crippen molar-refractivity contribution in [1.82, 2.24) is 10.2 Å². The topological polar surface area (TPSA) is 35.6 Å². The van der Waals surface area contributed by atoms with Crippen molar-refractivity contribution in [3.63, 3.8) is 0 Å². The Labute approximate surface area is 150 Å². The van der Waals surface area contributed by atoms with Gasteiger partial charge in [-0.05, 0) is 49.4 Å². The Morgan fingerprint density at radius 2 is 1.79 bits per heavy atom. The summed E-state index contributed by atoms with van der Waals surface area (Å²) in [4.78, 5) is 17.0. The molecule has 0 aliphatic carbocycles. The van der Waals surface area contributed by atoms with E-state index in [2.05, 4.69) is 45.4 Å². The van der Waals surface area contributed by atoms with E-state index >= 15 is 0 Å². The molecule has 0 unspecified atom stereocenters. The highest BCUT2D eigenvalue weighted by Gasteiger charge is 2.18. The SMILES string of the molecule is O=C(CCCN1CCN(c2ccccc2)CC1)NC1CCSCC1. The van der Waals surface area contributed by atoms with E-state index in [1.54, 1.807) is 0 Å². The predicted octanol–water partition coefficient (Wildman–Crippen LogP) is 2.60. The maximum atomic E-state index is 12.0. The summed E-state index contributed by atoms with van der Waals surface area (Å²) < 4.78 is 0. The number of benzene rings is 1. The number of rotatable bonds is 6. The molecule has 24 heavy (non-hydrogen) atoms. The van der Waals surface area contributed by atoms with E-state index in [0.29, 0.717) is 12.5 Å². The molecule has 2 aliphatic rings. The number of amides is 1. The maximum Gasteiger partial charge on any atom is 0.220 e. The van der Waals surface area contributed by atoms with E-state index in [0.717, 1.165) is 52.0 Å². The first kappa shape index (κ1) is 17.6. The largest absolute Gasteiger partial charge is 0.369 e. The second-order valence-electron chi connectivity index (χ2n) is 6.72. The number of hydrogen-bond acceptors (Lipinski definition) is 4. The van der Waals surface area contributed by atoms with Crippen molar-refractivity contribution in [3.8, 4) is 0 Å². The van der Waals surface area contributed by atoms with Crippen molar-refractivity contribution < 1.29 is 4.79 Å².